The summed E-state index contributed by atoms with van der Waals surface area (Å²) >= 11 is 0. The Labute approximate surface area is 111 Å². The molecule has 2 aromatic heterocycles. The van der Waals surface area contributed by atoms with Crippen LogP contribution in [0, 0.1) is 0 Å². The van der Waals surface area contributed by atoms with Crippen LogP contribution in [-0.2, 0) is 11.8 Å². The first-order valence-electron chi connectivity index (χ1n) is 6.43. The van der Waals surface area contributed by atoms with Crippen LogP contribution in [0.15, 0.2) is 12.5 Å². The molecular formula is C12H18N6O. The van der Waals surface area contributed by atoms with Gasteiger partial charge in [-0.2, -0.15) is 5.10 Å². The van der Waals surface area contributed by atoms with Gasteiger partial charge in [-0.15, -0.1) is 0 Å². The monoisotopic (exact) mass is 262 g/mol. The summed E-state index contributed by atoms with van der Waals surface area (Å²) < 4.78 is 7.33. The molecule has 0 amide bonds. The smallest absolute Gasteiger partial charge is 0.163 e. The quantitative estimate of drug-likeness (QED) is 0.825. The van der Waals surface area contributed by atoms with E-state index in [0.717, 1.165) is 36.5 Å². The third kappa shape index (κ3) is 2.15. The third-order valence-electron chi connectivity index (χ3n) is 3.45. The molecule has 1 N–H and O–H groups in total. The highest BCUT2D eigenvalue weighted by atomic mass is 16.5. The number of hydrogen-bond donors (Lipinski definition) is 1. The van der Waals surface area contributed by atoms with Gasteiger partial charge in [0.25, 0.3) is 0 Å². The Morgan fingerprint density at radius 3 is 3.21 bits per heavy atom. The molecule has 1 aliphatic rings. The molecule has 0 saturated carbocycles. The van der Waals surface area contributed by atoms with E-state index in [2.05, 4.69) is 25.3 Å². The number of anilines is 1. The van der Waals surface area contributed by atoms with E-state index in [4.69, 9.17) is 4.74 Å². The second kappa shape index (κ2) is 5.10. The molecule has 1 unspecified atom stereocenters. The van der Waals surface area contributed by atoms with Crippen molar-refractivity contribution in [1.82, 2.24) is 25.1 Å². The highest BCUT2D eigenvalue weighted by Crippen LogP contribution is 2.25. The van der Waals surface area contributed by atoms with Gasteiger partial charge in [-0.3, -0.25) is 4.68 Å². The van der Waals surface area contributed by atoms with Crippen LogP contribution in [0.2, 0.25) is 0 Å². The molecule has 0 aliphatic carbocycles. The Morgan fingerprint density at radius 2 is 2.37 bits per heavy atom. The van der Waals surface area contributed by atoms with Crippen molar-refractivity contribution in [3.63, 3.8) is 0 Å². The molecule has 1 aliphatic heterocycles. The van der Waals surface area contributed by atoms with Gasteiger partial charge in [0.2, 0.25) is 0 Å². The van der Waals surface area contributed by atoms with E-state index in [0.29, 0.717) is 6.61 Å². The maximum Gasteiger partial charge on any atom is 0.163 e. The van der Waals surface area contributed by atoms with Crippen molar-refractivity contribution >= 4 is 16.9 Å². The summed E-state index contributed by atoms with van der Waals surface area (Å²) in [7, 11) is 3.84. The summed E-state index contributed by atoms with van der Waals surface area (Å²) in [6.07, 6.45) is 3.43. The van der Waals surface area contributed by atoms with E-state index in [9.17, 15) is 0 Å². The van der Waals surface area contributed by atoms with Crippen molar-refractivity contribution in [1.29, 1.82) is 0 Å². The number of hydrogen-bond acceptors (Lipinski definition) is 6. The lowest BCUT2D eigenvalue weighted by molar-refractivity contribution is 0.0940. The minimum atomic E-state index is 0.289. The normalized spacial score (nSPS) is 20.1. The molecule has 0 bridgehead atoms. The van der Waals surface area contributed by atoms with E-state index in [1.165, 1.54) is 0 Å². The van der Waals surface area contributed by atoms with E-state index in [1.807, 2.05) is 20.3 Å². The fourth-order valence-electron chi connectivity index (χ4n) is 2.52. The summed E-state index contributed by atoms with van der Waals surface area (Å²) in [4.78, 5) is 11.0. The number of fused-ring (bicyclic) bond motifs is 1. The molecule has 1 fully saturated rings. The third-order valence-corrected chi connectivity index (χ3v) is 3.45. The lowest BCUT2D eigenvalue weighted by Crippen LogP contribution is -2.50. The molecule has 19 heavy (non-hydrogen) atoms. The molecule has 0 spiro atoms. The minimum absolute atomic E-state index is 0.289. The topological polar surface area (TPSA) is 68.1 Å². The average Bonchev–Trinajstić information content (AvgIpc) is 2.82. The van der Waals surface area contributed by atoms with Crippen LogP contribution in [0.3, 0.4) is 0 Å². The summed E-state index contributed by atoms with van der Waals surface area (Å²) in [6.45, 7) is 3.15. The summed E-state index contributed by atoms with van der Waals surface area (Å²) in [5, 5.41) is 8.46. The second-order valence-corrected chi connectivity index (χ2v) is 4.68. The van der Waals surface area contributed by atoms with Crippen molar-refractivity contribution in [2.75, 3.05) is 38.3 Å². The predicted octanol–water partition coefficient (Wildman–Crippen LogP) is -0.212. The van der Waals surface area contributed by atoms with Crippen LogP contribution in [-0.4, -0.2) is 59.1 Å². The number of ether oxygens (including phenoxy) is 1. The molecule has 0 aromatic carbocycles. The van der Waals surface area contributed by atoms with Gasteiger partial charge in [-0.1, -0.05) is 0 Å². The average molecular weight is 262 g/mol. The van der Waals surface area contributed by atoms with E-state index in [-0.39, 0.29) is 6.04 Å². The fourth-order valence-corrected chi connectivity index (χ4v) is 2.52. The number of morpholine rings is 1. The Kier molecular flexibility index (Phi) is 3.31. The van der Waals surface area contributed by atoms with E-state index >= 15 is 0 Å². The zero-order valence-electron chi connectivity index (χ0n) is 11.2. The summed E-state index contributed by atoms with van der Waals surface area (Å²) in [6, 6.07) is 0.289. The van der Waals surface area contributed by atoms with Crippen LogP contribution in [0.4, 0.5) is 5.82 Å². The number of nitrogens with one attached hydrogen (secondary N) is 1. The highest BCUT2D eigenvalue weighted by Gasteiger charge is 2.25. The maximum atomic E-state index is 5.56. The largest absolute Gasteiger partial charge is 0.377 e. The fraction of sp³-hybridized carbons (Fsp3) is 0.583. The van der Waals surface area contributed by atoms with Gasteiger partial charge >= 0.3 is 0 Å². The van der Waals surface area contributed by atoms with E-state index in [1.54, 1.807) is 11.0 Å². The van der Waals surface area contributed by atoms with Crippen molar-refractivity contribution in [2.45, 2.75) is 6.04 Å². The van der Waals surface area contributed by atoms with Crippen molar-refractivity contribution in [3.05, 3.63) is 12.5 Å². The molecule has 2 aromatic rings. The Bertz CT molecular complexity index is 566. The van der Waals surface area contributed by atoms with Gasteiger partial charge in [0, 0.05) is 20.1 Å². The first-order valence-corrected chi connectivity index (χ1v) is 6.43. The summed E-state index contributed by atoms with van der Waals surface area (Å²) in [5.41, 5.74) is 0.861. The van der Waals surface area contributed by atoms with Gasteiger partial charge < -0.3 is 15.0 Å². The second-order valence-electron chi connectivity index (χ2n) is 4.68. The highest BCUT2D eigenvalue weighted by molar-refractivity contribution is 5.86. The molecule has 102 valence electrons. The molecule has 1 atom stereocenters. The van der Waals surface area contributed by atoms with Crippen LogP contribution in [0.1, 0.15) is 0 Å². The van der Waals surface area contributed by atoms with Crippen LogP contribution < -0.4 is 10.2 Å². The first kappa shape index (κ1) is 12.3. The van der Waals surface area contributed by atoms with Crippen molar-refractivity contribution in [2.24, 2.45) is 7.05 Å². The predicted molar refractivity (Wildman–Crippen MR) is 72.2 cm³/mol. The van der Waals surface area contributed by atoms with Crippen molar-refractivity contribution in [3.8, 4) is 0 Å². The standard InChI is InChI=1S/C12H18N6O/c1-13-5-9-7-19-4-3-18(9)12-10-6-16-17(2)11(10)14-8-15-12/h6,8-9,13H,3-5,7H2,1-2H3. The molecule has 7 nitrogen and oxygen atoms in total. The minimum Gasteiger partial charge on any atom is -0.377 e. The molecule has 7 heteroatoms. The van der Waals surface area contributed by atoms with Gasteiger partial charge in [0.1, 0.15) is 12.1 Å². The maximum absolute atomic E-state index is 5.56. The molecule has 0 radical (unpaired) electrons. The lowest BCUT2D eigenvalue weighted by Gasteiger charge is -2.36. The molecular weight excluding hydrogens is 244 g/mol. The van der Waals surface area contributed by atoms with Gasteiger partial charge in [0.05, 0.1) is 30.8 Å². The molecule has 3 heterocycles. The van der Waals surface area contributed by atoms with Gasteiger partial charge in [-0.25, -0.2) is 9.97 Å². The SMILES string of the molecule is CNCC1COCCN1c1ncnc2c1cnn2C. The Balaban J connectivity index is 2.01. The Morgan fingerprint density at radius 1 is 1.47 bits per heavy atom. The zero-order chi connectivity index (χ0) is 13.2. The number of aromatic nitrogens is 4. The number of aryl methyl sites for hydroxylation is 1. The van der Waals surface area contributed by atoms with Gasteiger partial charge in [-0.05, 0) is 7.05 Å². The van der Waals surface area contributed by atoms with Crippen LogP contribution in [0.5, 0.6) is 0 Å². The number of nitrogens with zero attached hydrogens (tertiary/aromatic N) is 5. The lowest BCUT2D eigenvalue weighted by atomic mass is 10.2. The van der Waals surface area contributed by atoms with E-state index < -0.39 is 0 Å². The number of likely N-dealkylation sites (N-methyl/N-ethyl adjacent to an activating group) is 1. The molecule has 3 rings (SSSR count). The number of rotatable bonds is 3. The van der Waals surface area contributed by atoms with Gasteiger partial charge in [0.15, 0.2) is 5.65 Å². The van der Waals surface area contributed by atoms with Crippen LogP contribution in [0.25, 0.3) is 11.0 Å². The molecule has 1 saturated heterocycles. The Hall–Kier alpha value is -1.73. The summed E-state index contributed by atoms with van der Waals surface area (Å²) in [5.74, 6) is 0.946. The first-order chi connectivity index (χ1) is 9.31. The van der Waals surface area contributed by atoms with Crippen molar-refractivity contribution < 1.29 is 4.74 Å². The van der Waals surface area contributed by atoms with Crippen LogP contribution >= 0.6 is 0 Å². The zero-order valence-corrected chi connectivity index (χ0v) is 11.2.